The number of cyclic esters (lactones) is 1. The van der Waals surface area contributed by atoms with Crippen LogP contribution < -0.4 is 14.2 Å². The van der Waals surface area contributed by atoms with Gasteiger partial charge in [0.15, 0.2) is 0 Å². The van der Waals surface area contributed by atoms with E-state index in [-0.39, 0.29) is 0 Å². The standard InChI is InChI=1S/C19H26O5/c1-21-15-13-16(22-2)18-17(14-15)23-11-9-7-5-3-4-6-8-10-12-24-19(18)20/h3-4,13-14H,5-12H2,1-2H3/b4-3-. The van der Waals surface area contributed by atoms with Gasteiger partial charge in [-0.25, -0.2) is 4.79 Å². The maximum absolute atomic E-state index is 12.5. The van der Waals surface area contributed by atoms with Crippen molar-refractivity contribution >= 4 is 5.97 Å². The van der Waals surface area contributed by atoms with E-state index in [2.05, 4.69) is 12.2 Å². The number of ether oxygens (including phenoxy) is 4. The Morgan fingerprint density at radius 2 is 1.54 bits per heavy atom. The van der Waals surface area contributed by atoms with E-state index in [1.807, 2.05) is 0 Å². The van der Waals surface area contributed by atoms with Crippen LogP contribution in [0.1, 0.15) is 48.9 Å². The van der Waals surface area contributed by atoms with Crippen LogP contribution in [0.4, 0.5) is 0 Å². The highest BCUT2D eigenvalue weighted by atomic mass is 16.5. The van der Waals surface area contributed by atoms with Crippen LogP contribution in [0.2, 0.25) is 0 Å². The molecule has 0 atom stereocenters. The molecule has 2 rings (SSSR count). The van der Waals surface area contributed by atoms with Gasteiger partial charge in [-0.05, 0) is 38.5 Å². The van der Waals surface area contributed by atoms with Crippen molar-refractivity contribution in [2.24, 2.45) is 0 Å². The van der Waals surface area contributed by atoms with E-state index in [0.29, 0.717) is 36.0 Å². The highest BCUT2D eigenvalue weighted by molar-refractivity contribution is 5.96. The third-order valence-corrected chi connectivity index (χ3v) is 3.89. The average Bonchev–Trinajstić information content (AvgIpc) is 2.61. The van der Waals surface area contributed by atoms with Gasteiger partial charge in [-0.1, -0.05) is 12.2 Å². The van der Waals surface area contributed by atoms with Gasteiger partial charge in [0.2, 0.25) is 0 Å². The fraction of sp³-hybridized carbons (Fsp3) is 0.526. The van der Waals surface area contributed by atoms with E-state index >= 15 is 0 Å². The monoisotopic (exact) mass is 334 g/mol. The third kappa shape index (κ3) is 5.18. The quantitative estimate of drug-likeness (QED) is 0.601. The van der Waals surface area contributed by atoms with Crippen LogP contribution in [0.15, 0.2) is 24.3 Å². The fourth-order valence-corrected chi connectivity index (χ4v) is 2.54. The molecule has 0 radical (unpaired) electrons. The molecule has 1 aliphatic heterocycles. The van der Waals surface area contributed by atoms with Crippen molar-refractivity contribution in [2.45, 2.75) is 38.5 Å². The molecule has 0 unspecified atom stereocenters. The molecule has 5 heteroatoms. The Hall–Kier alpha value is -2.17. The summed E-state index contributed by atoms with van der Waals surface area (Å²) in [5.74, 6) is 1.01. The zero-order valence-electron chi connectivity index (χ0n) is 14.5. The highest BCUT2D eigenvalue weighted by Crippen LogP contribution is 2.35. The van der Waals surface area contributed by atoms with Crippen molar-refractivity contribution in [3.63, 3.8) is 0 Å². The molecular formula is C19H26O5. The maximum atomic E-state index is 12.5. The third-order valence-electron chi connectivity index (χ3n) is 3.89. The molecule has 0 bridgehead atoms. The average molecular weight is 334 g/mol. The summed E-state index contributed by atoms with van der Waals surface area (Å²) < 4.78 is 21.8. The van der Waals surface area contributed by atoms with Gasteiger partial charge in [-0.2, -0.15) is 0 Å². The first-order valence-corrected chi connectivity index (χ1v) is 8.47. The van der Waals surface area contributed by atoms with Gasteiger partial charge >= 0.3 is 5.97 Å². The first-order valence-electron chi connectivity index (χ1n) is 8.47. The lowest BCUT2D eigenvalue weighted by molar-refractivity contribution is 0.0490. The predicted molar refractivity (Wildman–Crippen MR) is 92.2 cm³/mol. The molecule has 1 aromatic rings. The summed E-state index contributed by atoms with van der Waals surface area (Å²) in [6.45, 7) is 0.922. The minimum atomic E-state index is -0.421. The Morgan fingerprint density at radius 3 is 2.17 bits per heavy atom. The molecule has 1 heterocycles. The summed E-state index contributed by atoms with van der Waals surface area (Å²) in [4.78, 5) is 12.5. The minimum absolute atomic E-state index is 0.325. The first-order chi connectivity index (χ1) is 11.8. The molecule has 1 aliphatic rings. The number of carbonyl (C=O) groups is 1. The second-order valence-corrected chi connectivity index (χ2v) is 5.65. The Morgan fingerprint density at radius 1 is 0.875 bits per heavy atom. The number of rotatable bonds is 2. The molecule has 0 saturated heterocycles. The lowest BCUT2D eigenvalue weighted by atomic mass is 10.1. The van der Waals surface area contributed by atoms with Crippen LogP contribution in [0.25, 0.3) is 0 Å². The van der Waals surface area contributed by atoms with Gasteiger partial charge in [0, 0.05) is 12.1 Å². The van der Waals surface area contributed by atoms with Crippen LogP contribution in [-0.2, 0) is 4.74 Å². The van der Waals surface area contributed by atoms with Crippen LogP contribution in [0.5, 0.6) is 17.2 Å². The SMILES string of the molecule is COc1cc(OC)c2c(c1)OCCCC/C=C\CCCCOC2=O. The van der Waals surface area contributed by atoms with Crippen molar-refractivity contribution in [1.29, 1.82) is 0 Å². The van der Waals surface area contributed by atoms with Crippen molar-refractivity contribution in [1.82, 2.24) is 0 Å². The van der Waals surface area contributed by atoms with Crippen LogP contribution in [-0.4, -0.2) is 33.4 Å². The second-order valence-electron chi connectivity index (χ2n) is 5.65. The van der Waals surface area contributed by atoms with E-state index in [9.17, 15) is 4.79 Å². The number of hydrogen-bond acceptors (Lipinski definition) is 5. The zero-order valence-corrected chi connectivity index (χ0v) is 14.5. The van der Waals surface area contributed by atoms with E-state index in [1.165, 1.54) is 7.11 Å². The van der Waals surface area contributed by atoms with E-state index < -0.39 is 5.97 Å². The summed E-state index contributed by atoms with van der Waals surface area (Å²) in [5.41, 5.74) is 0.325. The molecule has 5 nitrogen and oxygen atoms in total. The number of allylic oxidation sites excluding steroid dienone is 2. The fourth-order valence-electron chi connectivity index (χ4n) is 2.54. The van der Waals surface area contributed by atoms with Gasteiger partial charge < -0.3 is 18.9 Å². The maximum Gasteiger partial charge on any atom is 0.345 e. The number of esters is 1. The molecule has 132 valence electrons. The largest absolute Gasteiger partial charge is 0.496 e. The molecule has 0 spiro atoms. The summed E-state index contributed by atoms with van der Waals surface area (Å²) in [7, 11) is 3.09. The number of fused-ring (bicyclic) bond motifs is 1. The molecule has 24 heavy (non-hydrogen) atoms. The second kappa shape index (κ2) is 9.85. The van der Waals surface area contributed by atoms with Crippen molar-refractivity contribution in [2.75, 3.05) is 27.4 Å². The van der Waals surface area contributed by atoms with Crippen LogP contribution in [0.3, 0.4) is 0 Å². The van der Waals surface area contributed by atoms with Crippen LogP contribution in [0, 0.1) is 0 Å². The number of hydrogen-bond donors (Lipinski definition) is 0. The summed E-state index contributed by atoms with van der Waals surface area (Å²) >= 11 is 0. The number of carbonyl (C=O) groups excluding carboxylic acids is 1. The van der Waals surface area contributed by atoms with Gasteiger partial charge in [-0.3, -0.25) is 0 Å². The van der Waals surface area contributed by atoms with E-state index in [4.69, 9.17) is 18.9 Å². The minimum Gasteiger partial charge on any atom is -0.496 e. The van der Waals surface area contributed by atoms with E-state index in [0.717, 1.165) is 38.5 Å². The van der Waals surface area contributed by atoms with Crippen LogP contribution >= 0.6 is 0 Å². The molecule has 0 aromatic heterocycles. The van der Waals surface area contributed by atoms with Crippen molar-refractivity contribution in [3.05, 3.63) is 29.8 Å². The van der Waals surface area contributed by atoms with Gasteiger partial charge in [0.05, 0.1) is 27.4 Å². The summed E-state index contributed by atoms with van der Waals surface area (Å²) in [6.07, 6.45) is 10.3. The highest BCUT2D eigenvalue weighted by Gasteiger charge is 2.22. The van der Waals surface area contributed by atoms with Crippen molar-refractivity contribution in [3.8, 4) is 17.2 Å². The van der Waals surface area contributed by atoms with Gasteiger partial charge in [0.1, 0.15) is 22.8 Å². The molecule has 1 aromatic carbocycles. The normalized spacial score (nSPS) is 18.2. The topological polar surface area (TPSA) is 54.0 Å². The zero-order chi connectivity index (χ0) is 17.2. The molecule has 0 amide bonds. The molecule has 0 fully saturated rings. The van der Waals surface area contributed by atoms with E-state index in [1.54, 1.807) is 19.2 Å². The predicted octanol–water partition coefficient (Wildman–Crippen LogP) is 4.15. The van der Waals surface area contributed by atoms with Gasteiger partial charge in [0.25, 0.3) is 0 Å². The Bertz CT molecular complexity index is 565. The lowest BCUT2D eigenvalue weighted by Crippen LogP contribution is -2.11. The lowest BCUT2D eigenvalue weighted by Gasteiger charge is -2.16. The summed E-state index contributed by atoms with van der Waals surface area (Å²) in [6, 6.07) is 3.37. The Balaban J connectivity index is 2.24. The first kappa shape index (κ1) is 18.2. The number of benzene rings is 1. The van der Waals surface area contributed by atoms with Crippen molar-refractivity contribution < 1.29 is 23.7 Å². The molecule has 0 saturated carbocycles. The molecule has 0 aliphatic carbocycles. The molecule has 0 N–H and O–H groups in total. The smallest absolute Gasteiger partial charge is 0.345 e. The summed E-state index contributed by atoms with van der Waals surface area (Å²) in [5, 5.41) is 0. The Kier molecular flexibility index (Phi) is 7.46. The molecular weight excluding hydrogens is 308 g/mol. The number of methoxy groups -OCH3 is 2. The van der Waals surface area contributed by atoms with Gasteiger partial charge in [-0.15, -0.1) is 0 Å². The Labute approximate surface area is 143 Å².